The van der Waals surface area contributed by atoms with Crippen LogP contribution in [-0.4, -0.2) is 21.9 Å². The van der Waals surface area contributed by atoms with Gasteiger partial charge in [0.25, 0.3) is 11.5 Å². The zero-order valence-corrected chi connectivity index (χ0v) is 13.1. The minimum absolute atomic E-state index is 0.0278. The molecule has 0 aliphatic heterocycles. The van der Waals surface area contributed by atoms with Crippen molar-refractivity contribution in [3.63, 3.8) is 0 Å². The van der Waals surface area contributed by atoms with Crippen molar-refractivity contribution in [2.45, 2.75) is 25.3 Å². The lowest BCUT2D eigenvalue weighted by atomic mass is 9.88. The molecule has 0 fully saturated rings. The van der Waals surface area contributed by atoms with Crippen LogP contribution in [0.25, 0.3) is 11.0 Å². The van der Waals surface area contributed by atoms with Crippen LogP contribution >= 0.6 is 0 Å². The molecule has 24 heavy (non-hydrogen) atoms. The number of nitrogens with zero attached hydrogens (tertiary/aromatic N) is 1. The second-order valence-electron chi connectivity index (χ2n) is 6.11. The Balaban J connectivity index is 1.57. The third-order valence-electron chi connectivity index (χ3n) is 4.50. The van der Waals surface area contributed by atoms with Crippen molar-refractivity contribution in [1.29, 1.82) is 0 Å². The van der Waals surface area contributed by atoms with E-state index in [1.54, 1.807) is 12.1 Å². The van der Waals surface area contributed by atoms with Crippen molar-refractivity contribution >= 4 is 16.9 Å². The fourth-order valence-corrected chi connectivity index (χ4v) is 3.26. The maximum atomic E-state index is 12.5. The van der Waals surface area contributed by atoms with Crippen LogP contribution in [0.3, 0.4) is 0 Å². The summed E-state index contributed by atoms with van der Waals surface area (Å²) in [5, 5.41) is 2.96. The van der Waals surface area contributed by atoms with E-state index in [1.165, 1.54) is 11.1 Å². The van der Waals surface area contributed by atoms with E-state index in [0.29, 0.717) is 11.0 Å². The predicted molar refractivity (Wildman–Crippen MR) is 92.1 cm³/mol. The lowest BCUT2D eigenvalue weighted by molar-refractivity contribution is 0.0927. The van der Waals surface area contributed by atoms with E-state index in [9.17, 15) is 9.59 Å². The molecule has 1 amide bonds. The van der Waals surface area contributed by atoms with E-state index in [0.717, 1.165) is 19.3 Å². The second-order valence-corrected chi connectivity index (χ2v) is 6.11. The van der Waals surface area contributed by atoms with Crippen LogP contribution in [0.15, 0.2) is 53.3 Å². The van der Waals surface area contributed by atoms with E-state index in [2.05, 4.69) is 27.4 Å². The van der Waals surface area contributed by atoms with Crippen LogP contribution in [0, 0.1) is 0 Å². The van der Waals surface area contributed by atoms with Gasteiger partial charge in [-0.25, -0.2) is 4.98 Å². The van der Waals surface area contributed by atoms with Crippen molar-refractivity contribution in [3.05, 3.63) is 75.7 Å². The molecule has 4 rings (SSSR count). The van der Waals surface area contributed by atoms with Crippen LogP contribution in [0.1, 0.15) is 28.0 Å². The van der Waals surface area contributed by atoms with Gasteiger partial charge in [0, 0.05) is 6.04 Å². The molecule has 0 spiro atoms. The first-order valence-electron chi connectivity index (χ1n) is 8.07. The molecule has 120 valence electrons. The Morgan fingerprint density at radius 2 is 1.83 bits per heavy atom. The zero-order valence-electron chi connectivity index (χ0n) is 13.1. The number of para-hydroxylation sites is 2. The number of nitrogens with one attached hydrogen (secondary N) is 2. The Labute approximate surface area is 138 Å². The summed E-state index contributed by atoms with van der Waals surface area (Å²) in [5.41, 5.74) is 3.30. The molecule has 1 heterocycles. The maximum absolute atomic E-state index is 12.5. The first-order chi connectivity index (χ1) is 11.7. The largest absolute Gasteiger partial charge is 0.347 e. The lowest BCUT2D eigenvalue weighted by Crippen LogP contribution is -2.41. The monoisotopic (exact) mass is 319 g/mol. The molecular weight excluding hydrogens is 302 g/mol. The van der Waals surface area contributed by atoms with Gasteiger partial charge in [0.05, 0.1) is 11.0 Å². The number of rotatable bonds is 2. The zero-order chi connectivity index (χ0) is 16.5. The fraction of sp³-hybridized carbons (Fsp3) is 0.211. The van der Waals surface area contributed by atoms with Gasteiger partial charge in [-0.3, -0.25) is 9.59 Å². The molecule has 3 aromatic rings. The number of aromatic nitrogens is 2. The molecule has 0 unspecified atom stereocenters. The first kappa shape index (κ1) is 14.6. The van der Waals surface area contributed by atoms with Gasteiger partial charge >= 0.3 is 0 Å². The topological polar surface area (TPSA) is 74.8 Å². The summed E-state index contributed by atoms with van der Waals surface area (Å²) in [6.45, 7) is 0. The summed E-state index contributed by atoms with van der Waals surface area (Å²) in [7, 11) is 0. The summed E-state index contributed by atoms with van der Waals surface area (Å²) in [5.74, 6) is -0.411. The molecule has 2 N–H and O–H groups in total. The molecule has 1 aromatic heterocycles. The molecule has 0 saturated carbocycles. The van der Waals surface area contributed by atoms with E-state index >= 15 is 0 Å². The highest BCUT2D eigenvalue weighted by atomic mass is 16.2. The summed E-state index contributed by atoms with van der Waals surface area (Å²) >= 11 is 0. The number of carbonyl (C=O) groups is 1. The number of benzene rings is 2. The first-order valence-corrected chi connectivity index (χ1v) is 8.07. The Bertz CT molecular complexity index is 978. The van der Waals surface area contributed by atoms with Crippen LogP contribution < -0.4 is 10.9 Å². The molecule has 0 bridgehead atoms. The number of carbonyl (C=O) groups excluding carboxylic acids is 1. The molecule has 5 heteroatoms. The van der Waals surface area contributed by atoms with Crippen molar-refractivity contribution < 1.29 is 4.79 Å². The maximum Gasteiger partial charge on any atom is 0.280 e. The Morgan fingerprint density at radius 3 is 2.71 bits per heavy atom. The summed E-state index contributed by atoms with van der Waals surface area (Å²) < 4.78 is 0. The van der Waals surface area contributed by atoms with E-state index in [1.807, 2.05) is 24.3 Å². The highest BCUT2D eigenvalue weighted by Gasteiger charge is 2.22. The Morgan fingerprint density at radius 1 is 1.08 bits per heavy atom. The predicted octanol–water partition coefficient (Wildman–Crippen LogP) is 2.21. The van der Waals surface area contributed by atoms with E-state index in [4.69, 9.17) is 0 Å². The summed E-state index contributed by atoms with van der Waals surface area (Å²) in [4.78, 5) is 31.6. The smallest absolute Gasteiger partial charge is 0.280 e. The number of aromatic amines is 1. The van der Waals surface area contributed by atoms with Crippen molar-refractivity contribution in [3.8, 4) is 0 Å². The van der Waals surface area contributed by atoms with Crippen molar-refractivity contribution in [2.75, 3.05) is 0 Å². The van der Waals surface area contributed by atoms with Gasteiger partial charge in [0.15, 0.2) is 5.69 Å². The number of H-pyrrole nitrogens is 1. The van der Waals surface area contributed by atoms with Crippen LogP contribution in [0.4, 0.5) is 0 Å². The third-order valence-corrected chi connectivity index (χ3v) is 4.50. The van der Waals surface area contributed by atoms with Crippen molar-refractivity contribution in [2.24, 2.45) is 0 Å². The minimum atomic E-state index is -0.456. The number of aryl methyl sites for hydroxylation is 1. The minimum Gasteiger partial charge on any atom is -0.347 e. The fourth-order valence-electron chi connectivity index (χ4n) is 3.26. The highest BCUT2D eigenvalue weighted by molar-refractivity contribution is 5.93. The van der Waals surface area contributed by atoms with E-state index in [-0.39, 0.29) is 11.7 Å². The standard InChI is InChI=1S/C19H17N3O2/c23-18(17-19(24)22-16-8-4-3-7-15(16)21-17)20-14-10-9-12-5-1-2-6-13(12)11-14/h1-8,14H,9-11H2,(H,20,23)(H,22,24)/t14-/m0/s1. The molecule has 0 radical (unpaired) electrons. The normalized spacial score (nSPS) is 16.6. The molecule has 1 atom stereocenters. The molecule has 1 aliphatic rings. The van der Waals surface area contributed by atoms with Crippen LogP contribution in [-0.2, 0) is 12.8 Å². The van der Waals surface area contributed by atoms with Gasteiger partial charge in [-0.1, -0.05) is 36.4 Å². The average Bonchev–Trinajstić information content (AvgIpc) is 2.61. The second kappa shape index (κ2) is 5.92. The van der Waals surface area contributed by atoms with E-state index < -0.39 is 11.5 Å². The van der Waals surface area contributed by atoms with Gasteiger partial charge in [0.2, 0.25) is 0 Å². The Hall–Kier alpha value is -2.95. The number of hydrogen-bond donors (Lipinski definition) is 2. The molecule has 2 aromatic carbocycles. The SMILES string of the molecule is O=C(N[C@H]1CCc2ccccc2C1)c1nc2ccccc2[nH]c1=O. The van der Waals surface area contributed by atoms with Gasteiger partial charge in [-0.15, -0.1) is 0 Å². The quantitative estimate of drug-likeness (QED) is 0.760. The molecule has 1 aliphatic carbocycles. The molecular formula is C19H17N3O2. The molecule has 5 nitrogen and oxygen atoms in total. The number of amides is 1. The highest BCUT2D eigenvalue weighted by Crippen LogP contribution is 2.21. The summed E-state index contributed by atoms with van der Waals surface area (Å²) in [6, 6.07) is 15.5. The van der Waals surface area contributed by atoms with Gasteiger partial charge in [-0.05, 0) is 42.5 Å². The summed E-state index contributed by atoms with van der Waals surface area (Å²) in [6.07, 6.45) is 2.59. The van der Waals surface area contributed by atoms with Gasteiger partial charge in [-0.2, -0.15) is 0 Å². The molecule has 0 saturated heterocycles. The van der Waals surface area contributed by atoms with Gasteiger partial charge in [0.1, 0.15) is 0 Å². The number of fused-ring (bicyclic) bond motifs is 2. The number of hydrogen-bond acceptors (Lipinski definition) is 3. The lowest BCUT2D eigenvalue weighted by Gasteiger charge is -2.25. The van der Waals surface area contributed by atoms with Crippen LogP contribution in [0.5, 0.6) is 0 Å². The van der Waals surface area contributed by atoms with Crippen LogP contribution in [0.2, 0.25) is 0 Å². The Kier molecular flexibility index (Phi) is 3.61. The van der Waals surface area contributed by atoms with Crippen molar-refractivity contribution in [1.82, 2.24) is 15.3 Å². The third kappa shape index (κ3) is 2.69. The average molecular weight is 319 g/mol. The van der Waals surface area contributed by atoms with Gasteiger partial charge < -0.3 is 10.3 Å².